The minimum atomic E-state index is -0.618. The molecule has 0 atom stereocenters. The summed E-state index contributed by atoms with van der Waals surface area (Å²) in [6, 6.07) is 4.50. The average Bonchev–Trinajstić information content (AvgIpc) is 3.08. The van der Waals surface area contributed by atoms with Gasteiger partial charge in [0.1, 0.15) is 6.33 Å². The predicted octanol–water partition coefficient (Wildman–Crippen LogP) is 2.83. The number of carbonyl (C=O) groups is 2. The molecule has 1 heterocycles. The Morgan fingerprint density at radius 1 is 1.14 bits per heavy atom. The molecule has 2 N–H and O–H groups in total. The van der Waals surface area contributed by atoms with Gasteiger partial charge < -0.3 is 19.4 Å². The lowest BCUT2D eigenvalue weighted by atomic mass is 10.2. The fraction of sp³-hybridized carbons (Fsp3) is 0.444. The molecule has 3 amide bonds. The third-order valence-corrected chi connectivity index (χ3v) is 4.41. The van der Waals surface area contributed by atoms with Crippen molar-refractivity contribution in [3.05, 3.63) is 24.5 Å². The summed E-state index contributed by atoms with van der Waals surface area (Å²) < 4.78 is 13.0. The average molecular weight is 407 g/mol. The molecular formula is C18H25N5O4S. The minimum Gasteiger partial charge on any atom is -0.490 e. The molecule has 0 aliphatic carbocycles. The van der Waals surface area contributed by atoms with Gasteiger partial charge in [0.2, 0.25) is 5.91 Å². The van der Waals surface area contributed by atoms with E-state index in [4.69, 9.17) is 9.47 Å². The van der Waals surface area contributed by atoms with E-state index in [1.807, 2.05) is 13.8 Å². The molecule has 28 heavy (non-hydrogen) atoms. The minimum absolute atomic E-state index is 0.0502. The number of aryl methyl sites for hydroxylation is 1. The van der Waals surface area contributed by atoms with Gasteiger partial charge in [-0.3, -0.25) is 10.1 Å². The van der Waals surface area contributed by atoms with Crippen molar-refractivity contribution in [3.8, 4) is 11.5 Å². The Hall–Kier alpha value is -2.75. The maximum Gasteiger partial charge on any atom is 0.325 e. The Bertz CT molecular complexity index is 796. The number of ether oxygens (including phenoxy) is 2. The number of rotatable bonds is 10. The molecular weight excluding hydrogens is 382 g/mol. The van der Waals surface area contributed by atoms with E-state index < -0.39 is 11.9 Å². The van der Waals surface area contributed by atoms with Gasteiger partial charge in [0.05, 0.1) is 19.0 Å². The maximum absolute atomic E-state index is 12.1. The number of hydrogen-bond acceptors (Lipinski definition) is 7. The number of nitrogens with zero attached hydrogens (tertiary/aromatic N) is 3. The highest BCUT2D eigenvalue weighted by atomic mass is 32.2. The molecule has 1 aromatic carbocycles. The maximum atomic E-state index is 12.1. The largest absolute Gasteiger partial charge is 0.490 e. The Morgan fingerprint density at radius 2 is 1.86 bits per heavy atom. The molecule has 0 aliphatic heterocycles. The van der Waals surface area contributed by atoms with Gasteiger partial charge >= 0.3 is 6.03 Å². The summed E-state index contributed by atoms with van der Waals surface area (Å²) in [5, 5.41) is 13.1. The van der Waals surface area contributed by atoms with Gasteiger partial charge in [-0.15, -0.1) is 10.2 Å². The Kier molecular flexibility index (Phi) is 8.60. The summed E-state index contributed by atoms with van der Waals surface area (Å²) in [4.78, 5) is 24.0. The van der Waals surface area contributed by atoms with Crippen molar-refractivity contribution < 1.29 is 19.1 Å². The summed E-state index contributed by atoms with van der Waals surface area (Å²) in [6.45, 7) is 5.14. The number of anilines is 1. The van der Waals surface area contributed by atoms with Gasteiger partial charge in [0.25, 0.3) is 0 Å². The van der Waals surface area contributed by atoms with Crippen LogP contribution < -0.4 is 20.1 Å². The zero-order valence-electron chi connectivity index (χ0n) is 16.2. The number of aromatic nitrogens is 3. The molecule has 0 unspecified atom stereocenters. The Balaban J connectivity index is 1.90. The molecule has 0 saturated heterocycles. The highest BCUT2D eigenvalue weighted by Crippen LogP contribution is 2.31. The predicted molar refractivity (Wildman–Crippen MR) is 107 cm³/mol. The first-order chi connectivity index (χ1) is 13.5. The molecule has 10 heteroatoms. The van der Waals surface area contributed by atoms with Gasteiger partial charge in [-0.05, 0) is 25.0 Å². The molecule has 9 nitrogen and oxygen atoms in total. The fourth-order valence-corrected chi connectivity index (χ4v) is 2.79. The lowest BCUT2D eigenvalue weighted by Gasteiger charge is -2.14. The van der Waals surface area contributed by atoms with Crippen LogP contribution in [0.3, 0.4) is 0 Å². The third-order valence-electron chi connectivity index (χ3n) is 3.38. The second-order valence-corrected chi connectivity index (χ2v) is 6.82. The van der Waals surface area contributed by atoms with Gasteiger partial charge in [-0.2, -0.15) is 0 Å². The number of imide groups is 1. The smallest absolute Gasteiger partial charge is 0.325 e. The molecule has 2 aromatic rings. The van der Waals surface area contributed by atoms with Crippen LogP contribution in [0.1, 0.15) is 26.7 Å². The van der Waals surface area contributed by atoms with Crippen LogP contribution in [0.4, 0.5) is 10.5 Å². The fourth-order valence-electron chi connectivity index (χ4n) is 2.10. The van der Waals surface area contributed by atoms with Crippen LogP contribution in [0.2, 0.25) is 0 Å². The van der Waals surface area contributed by atoms with Crippen molar-refractivity contribution in [1.82, 2.24) is 20.1 Å². The van der Waals surface area contributed by atoms with Crippen LogP contribution in [0, 0.1) is 0 Å². The molecule has 2 rings (SSSR count). The first kappa shape index (κ1) is 21.5. The van der Waals surface area contributed by atoms with Crippen LogP contribution in [-0.2, 0) is 11.8 Å². The monoisotopic (exact) mass is 407 g/mol. The normalized spacial score (nSPS) is 10.4. The van der Waals surface area contributed by atoms with E-state index >= 15 is 0 Å². The van der Waals surface area contributed by atoms with E-state index in [9.17, 15) is 9.59 Å². The summed E-state index contributed by atoms with van der Waals surface area (Å²) in [5.74, 6) is 0.791. The molecule has 0 bridgehead atoms. The van der Waals surface area contributed by atoms with Crippen molar-refractivity contribution in [2.45, 2.75) is 31.8 Å². The van der Waals surface area contributed by atoms with Crippen molar-refractivity contribution in [2.24, 2.45) is 7.05 Å². The first-order valence-electron chi connectivity index (χ1n) is 9.00. The molecule has 0 spiro atoms. The molecule has 0 radical (unpaired) electrons. The summed E-state index contributed by atoms with van der Waals surface area (Å²) in [7, 11) is 1.78. The number of thioether (sulfide) groups is 1. The Labute approximate surface area is 168 Å². The van der Waals surface area contributed by atoms with Crippen molar-refractivity contribution in [1.29, 1.82) is 0 Å². The van der Waals surface area contributed by atoms with Crippen molar-refractivity contribution >= 4 is 29.4 Å². The summed E-state index contributed by atoms with van der Waals surface area (Å²) in [5.41, 5.74) is 0.501. The first-order valence-corrected chi connectivity index (χ1v) is 9.99. The quantitative estimate of drug-likeness (QED) is 0.583. The Morgan fingerprint density at radius 3 is 2.50 bits per heavy atom. The van der Waals surface area contributed by atoms with E-state index in [0.717, 1.165) is 12.8 Å². The summed E-state index contributed by atoms with van der Waals surface area (Å²) in [6.07, 6.45) is 3.27. The highest BCUT2D eigenvalue weighted by molar-refractivity contribution is 7.99. The molecule has 1 aromatic heterocycles. The molecule has 0 saturated carbocycles. The standard InChI is InChI=1S/C18H25N5O4S/c1-4-8-26-14-7-6-13(10-15(14)27-9-5-2)20-17(25)21-16(24)11-28-18-22-19-12-23(18)3/h6-7,10,12H,4-5,8-9,11H2,1-3H3,(H2,20,21,24,25). The van der Waals surface area contributed by atoms with Crippen molar-refractivity contribution in [2.75, 3.05) is 24.3 Å². The molecule has 0 fully saturated rings. The van der Waals surface area contributed by atoms with Gasteiger partial charge in [0, 0.05) is 18.8 Å². The van der Waals surface area contributed by atoms with E-state index in [1.54, 1.807) is 36.1 Å². The number of carbonyl (C=O) groups excluding carboxylic acids is 2. The zero-order valence-corrected chi connectivity index (χ0v) is 17.0. The lowest BCUT2D eigenvalue weighted by Crippen LogP contribution is -2.35. The third kappa shape index (κ3) is 6.76. The second-order valence-electron chi connectivity index (χ2n) is 5.87. The van der Waals surface area contributed by atoms with Gasteiger partial charge in [-0.25, -0.2) is 4.79 Å². The second kappa shape index (κ2) is 11.2. The van der Waals surface area contributed by atoms with E-state index in [-0.39, 0.29) is 5.75 Å². The molecule has 0 aliphatic rings. The number of benzene rings is 1. The van der Waals surface area contributed by atoms with Crippen molar-refractivity contribution in [3.63, 3.8) is 0 Å². The van der Waals surface area contributed by atoms with Gasteiger partial charge in [-0.1, -0.05) is 25.6 Å². The van der Waals surface area contributed by atoms with Gasteiger partial charge in [0.15, 0.2) is 16.7 Å². The van der Waals surface area contributed by atoms with Crippen LogP contribution in [0.15, 0.2) is 29.7 Å². The summed E-state index contributed by atoms with van der Waals surface area (Å²) >= 11 is 1.19. The van der Waals surface area contributed by atoms with E-state index in [1.165, 1.54) is 11.8 Å². The number of urea groups is 1. The highest BCUT2D eigenvalue weighted by Gasteiger charge is 2.12. The number of amides is 3. The zero-order chi connectivity index (χ0) is 20.4. The van der Waals surface area contributed by atoms with Crippen LogP contribution in [0.5, 0.6) is 11.5 Å². The number of hydrogen-bond donors (Lipinski definition) is 2. The number of nitrogens with one attached hydrogen (secondary N) is 2. The van der Waals surface area contributed by atoms with E-state index in [0.29, 0.717) is 35.6 Å². The van der Waals surface area contributed by atoms with Crippen LogP contribution >= 0.6 is 11.8 Å². The van der Waals surface area contributed by atoms with Crippen LogP contribution in [-0.4, -0.2) is 45.7 Å². The van der Waals surface area contributed by atoms with E-state index in [2.05, 4.69) is 20.8 Å². The SMILES string of the molecule is CCCOc1ccc(NC(=O)NC(=O)CSc2nncn2C)cc1OCCC. The molecule has 152 valence electrons. The van der Waals surface area contributed by atoms with Crippen LogP contribution in [0.25, 0.3) is 0 Å². The lowest BCUT2D eigenvalue weighted by molar-refractivity contribution is -0.117. The topological polar surface area (TPSA) is 107 Å².